The Morgan fingerprint density at radius 3 is 2.76 bits per heavy atom. The van der Waals surface area contributed by atoms with Gasteiger partial charge in [-0.1, -0.05) is 6.07 Å². The Balaban J connectivity index is 2.30. The molecule has 3 N–H and O–H groups in total. The van der Waals surface area contributed by atoms with Gasteiger partial charge in [0.05, 0.1) is 19.1 Å². The minimum absolute atomic E-state index is 0.0734. The van der Waals surface area contributed by atoms with E-state index < -0.39 is 0 Å². The van der Waals surface area contributed by atoms with E-state index >= 15 is 0 Å². The van der Waals surface area contributed by atoms with E-state index in [0.717, 1.165) is 11.4 Å². The fourth-order valence-electron chi connectivity index (χ4n) is 1.80. The maximum Gasteiger partial charge on any atom is 0.222 e. The summed E-state index contributed by atoms with van der Waals surface area (Å²) in [7, 11) is 1.65. The second-order valence-electron chi connectivity index (χ2n) is 4.57. The molecule has 2 amide bonds. The number of carbonyl (C=O) groups excluding carboxylic acids is 2. The van der Waals surface area contributed by atoms with E-state index in [1.807, 2.05) is 17.5 Å². The van der Waals surface area contributed by atoms with E-state index in [0.29, 0.717) is 19.7 Å². The number of thiophene rings is 1. The molecular weight excluding hydrogens is 290 g/mol. The first-order valence-corrected chi connectivity index (χ1v) is 7.78. The molecule has 0 saturated carbocycles. The van der Waals surface area contributed by atoms with Gasteiger partial charge in [0.25, 0.3) is 0 Å². The zero-order valence-electron chi connectivity index (χ0n) is 12.5. The largest absolute Gasteiger partial charge is 0.383 e. The Bertz CT molecular complexity index is 423. The third-order valence-corrected chi connectivity index (χ3v) is 3.75. The summed E-state index contributed by atoms with van der Waals surface area (Å²) in [4.78, 5) is 24.1. The lowest BCUT2D eigenvalue weighted by Gasteiger charge is -2.16. The highest BCUT2D eigenvalue weighted by molar-refractivity contribution is 7.10. The molecule has 1 aromatic rings. The Morgan fingerprint density at radius 2 is 2.14 bits per heavy atom. The quantitative estimate of drug-likeness (QED) is 0.555. The molecule has 0 saturated heterocycles. The number of nitrogens with one attached hydrogen (secondary N) is 3. The molecule has 0 aliphatic rings. The summed E-state index contributed by atoms with van der Waals surface area (Å²) >= 11 is 1.53. The standard InChI is InChI=1S/C14H23N3O3S/c1-11(18)17-12(13-4-3-9-21-13)10-14(19)16-6-5-15-7-8-20-2/h3-4,9,12,15H,5-8,10H2,1-2H3,(H,16,19)(H,17,18). The van der Waals surface area contributed by atoms with Crippen molar-refractivity contribution in [3.63, 3.8) is 0 Å². The molecule has 6 nitrogen and oxygen atoms in total. The van der Waals surface area contributed by atoms with Crippen LogP contribution >= 0.6 is 11.3 Å². The topological polar surface area (TPSA) is 79.5 Å². The molecule has 0 aromatic carbocycles. The summed E-state index contributed by atoms with van der Waals surface area (Å²) < 4.78 is 4.91. The Labute approximate surface area is 129 Å². The zero-order valence-corrected chi connectivity index (χ0v) is 13.3. The Morgan fingerprint density at radius 1 is 1.33 bits per heavy atom. The molecule has 0 bridgehead atoms. The van der Waals surface area contributed by atoms with E-state index in [-0.39, 0.29) is 24.3 Å². The fraction of sp³-hybridized carbons (Fsp3) is 0.571. The van der Waals surface area contributed by atoms with Crippen molar-refractivity contribution in [3.8, 4) is 0 Å². The summed E-state index contributed by atoms with van der Waals surface area (Å²) in [6.45, 7) is 4.12. The van der Waals surface area contributed by atoms with Crippen LogP contribution in [0.1, 0.15) is 24.3 Å². The molecule has 0 aliphatic carbocycles. The number of hydrogen-bond acceptors (Lipinski definition) is 5. The molecule has 0 fully saturated rings. The van der Waals surface area contributed by atoms with Gasteiger partial charge in [0.15, 0.2) is 0 Å². The zero-order chi connectivity index (χ0) is 15.5. The SMILES string of the molecule is COCCNCCNC(=O)CC(NC(C)=O)c1cccs1. The molecule has 1 unspecified atom stereocenters. The molecule has 21 heavy (non-hydrogen) atoms. The van der Waals surface area contributed by atoms with Gasteiger partial charge in [-0.3, -0.25) is 9.59 Å². The van der Waals surface area contributed by atoms with Gasteiger partial charge in [-0.05, 0) is 11.4 Å². The lowest BCUT2D eigenvalue weighted by atomic mass is 10.1. The van der Waals surface area contributed by atoms with Crippen molar-refractivity contribution in [2.24, 2.45) is 0 Å². The van der Waals surface area contributed by atoms with Crippen LogP contribution in [0.4, 0.5) is 0 Å². The highest BCUT2D eigenvalue weighted by Crippen LogP contribution is 2.21. The maximum atomic E-state index is 11.9. The number of ether oxygens (including phenoxy) is 1. The third-order valence-electron chi connectivity index (χ3n) is 2.76. The lowest BCUT2D eigenvalue weighted by Crippen LogP contribution is -2.36. The predicted octanol–water partition coefficient (Wildman–Crippen LogP) is 0.668. The second-order valence-corrected chi connectivity index (χ2v) is 5.54. The third kappa shape index (κ3) is 7.79. The normalized spacial score (nSPS) is 11.9. The summed E-state index contributed by atoms with van der Waals surface area (Å²) in [5.41, 5.74) is 0. The molecule has 118 valence electrons. The number of methoxy groups -OCH3 is 1. The molecule has 0 radical (unpaired) electrons. The van der Waals surface area contributed by atoms with Crippen molar-refractivity contribution in [1.29, 1.82) is 0 Å². The summed E-state index contributed by atoms with van der Waals surface area (Å²) in [5, 5.41) is 10.7. The van der Waals surface area contributed by atoms with Gasteiger partial charge in [0, 0.05) is 38.5 Å². The minimum Gasteiger partial charge on any atom is -0.383 e. The van der Waals surface area contributed by atoms with E-state index in [9.17, 15) is 9.59 Å². The second kappa shape index (κ2) is 10.3. The van der Waals surface area contributed by atoms with Gasteiger partial charge in [-0.25, -0.2) is 0 Å². The summed E-state index contributed by atoms with van der Waals surface area (Å²) in [5.74, 6) is -0.210. The van der Waals surface area contributed by atoms with Crippen LogP contribution in [0, 0.1) is 0 Å². The first kappa shape index (κ1) is 17.6. The van der Waals surface area contributed by atoms with Crippen LogP contribution in [-0.4, -0.2) is 45.2 Å². The molecule has 1 aromatic heterocycles. The average molecular weight is 313 g/mol. The molecule has 1 atom stereocenters. The lowest BCUT2D eigenvalue weighted by molar-refractivity contribution is -0.122. The van der Waals surface area contributed by atoms with Crippen molar-refractivity contribution >= 4 is 23.2 Å². The van der Waals surface area contributed by atoms with E-state index in [1.54, 1.807) is 7.11 Å². The first-order valence-electron chi connectivity index (χ1n) is 6.90. The molecule has 1 rings (SSSR count). The van der Waals surface area contributed by atoms with Gasteiger partial charge in [0.2, 0.25) is 11.8 Å². The fourth-order valence-corrected chi connectivity index (χ4v) is 2.58. The monoisotopic (exact) mass is 313 g/mol. The van der Waals surface area contributed by atoms with Crippen LogP contribution in [0.25, 0.3) is 0 Å². The Hall–Kier alpha value is -1.44. The predicted molar refractivity (Wildman–Crippen MR) is 83.2 cm³/mol. The average Bonchev–Trinajstić information content (AvgIpc) is 2.95. The summed E-state index contributed by atoms with van der Waals surface area (Å²) in [6.07, 6.45) is 0.248. The van der Waals surface area contributed by atoms with Crippen molar-refractivity contribution in [3.05, 3.63) is 22.4 Å². The van der Waals surface area contributed by atoms with Gasteiger partial charge >= 0.3 is 0 Å². The van der Waals surface area contributed by atoms with Gasteiger partial charge in [0.1, 0.15) is 0 Å². The van der Waals surface area contributed by atoms with Crippen molar-refractivity contribution in [2.45, 2.75) is 19.4 Å². The van der Waals surface area contributed by atoms with Crippen LogP contribution in [-0.2, 0) is 14.3 Å². The van der Waals surface area contributed by atoms with E-state index in [2.05, 4.69) is 16.0 Å². The van der Waals surface area contributed by atoms with E-state index in [1.165, 1.54) is 18.3 Å². The van der Waals surface area contributed by atoms with Crippen molar-refractivity contribution in [2.75, 3.05) is 33.4 Å². The molecular formula is C14H23N3O3S. The number of rotatable bonds is 10. The number of amides is 2. The minimum atomic E-state index is -0.260. The highest BCUT2D eigenvalue weighted by atomic mass is 32.1. The van der Waals surface area contributed by atoms with Crippen LogP contribution in [0.2, 0.25) is 0 Å². The van der Waals surface area contributed by atoms with Crippen molar-refractivity contribution in [1.82, 2.24) is 16.0 Å². The van der Waals surface area contributed by atoms with Crippen LogP contribution < -0.4 is 16.0 Å². The van der Waals surface area contributed by atoms with Gasteiger partial charge < -0.3 is 20.7 Å². The first-order chi connectivity index (χ1) is 10.1. The van der Waals surface area contributed by atoms with Gasteiger partial charge in [-0.15, -0.1) is 11.3 Å². The molecule has 7 heteroatoms. The maximum absolute atomic E-state index is 11.9. The van der Waals surface area contributed by atoms with Gasteiger partial charge in [-0.2, -0.15) is 0 Å². The molecule has 0 spiro atoms. The number of hydrogen-bond donors (Lipinski definition) is 3. The van der Waals surface area contributed by atoms with Crippen LogP contribution in [0.15, 0.2) is 17.5 Å². The molecule has 0 aliphatic heterocycles. The van der Waals surface area contributed by atoms with Crippen molar-refractivity contribution < 1.29 is 14.3 Å². The smallest absolute Gasteiger partial charge is 0.222 e. The summed E-state index contributed by atoms with van der Waals surface area (Å²) in [6, 6.07) is 3.57. The number of carbonyl (C=O) groups is 2. The van der Waals surface area contributed by atoms with E-state index in [4.69, 9.17) is 4.74 Å². The Kier molecular flexibility index (Phi) is 8.65. The highest BCUT2D eigenvalue weighted by Gasteiger charge is 2.17. The van der Waals surface area contributed by atoms with Crippen LogP contribution in [0.5, 0.6) is 0 Å². The van der Waals surface area contributed by atoms with Crippen LogP contribution in [0.3, 0.4) is 0 Å². The molecule has 1 heterocycles.